The highest BCUT2D eigenvalue weighted by Crippen LogP contribution is 2.01. The summed E-state index contributed by atoms with van der Waals surface area (Å²) >= 11 is 0. The van der Waals surface area contributed by atoms with Gasteiger partial charge in [0.2, 0.25) is 6.33 Å². The maximum Gasteiger partial charge on any atom is 0.333 e. The SMILES string of the molecule is C=C(C)C(=O)OCCC[n+]1ccn(CCCCCC)c1.[Cl-]. The highest BCUT2D eigenvalue weighted by Gasteiger charge is 2.05. The summed E-state index contributed by atoms with van der Waals surface area (Å²) in [5, 5.41) is 0. The number of ether oxygens (including phenoxy) is 1. The molecule has 0 N–H and O–H groups in total. The summed E-state index contributed by atoms with van der Waals surface area (Å²) in [5.41, 5.74) is 0.455. The van der Waals surface area contributed by atoms with Gasteiger partial charge in [-0.1, -0.05) is 26.3 Å². The topological polar surface area (TPSA) is 35.1 Å². The average Bonchev–Trinajstić information content (AvgIpc) is 2.87. The van der Waals surface area contributed by atoms with E-state index in [1.165, 1.54) is 25.7 Å². The van der Waals surface area contributed by atoms with Gasteiger partial charge in [-0.15, -0.1) is 0 Å². The van der Waals surface area contributed by atoms with Crippen LogP contribution in [0.2, 0.25) is 0 Å². The van der Waals surface area contributed by atoms with Crippen molar-refractivity contribution in [2.75, 3.05) is 6.61 Å². The molecule has 0 amide bonds. The zero-order valence-electron chi connectivity index (χ0n) is 13.2. The summed E-state index contributed by atoms with van der Waals surface area (Å²) in [7, 11) is 0. The number of aryl methyl sites for hydroxylation is 2. The molecular weight excluding hydrogens is 288 g/mol. The van der Waals surface area contributed by atoms with Gasteiger partial charge in [-0.05, 0) is 19.8 Å². The molecule has 1 rings (SSSR count). The molecule has 0 bridgehead atoms. The lowest BCUT2D eigenvalue weighted by atomic mass is 10.2. The monoisotopic (exact) mass is 314 g/mol. The minimum absolute atomic E-state index is 0. The van der Waals surface area contributed by atoms with Crippen LogP contribution >= 0.6 is 0 Å². The van der Waals surface area contributed by atoms with E-state index in [1.807, 2.05) is 0 Å². The molecule has 0 radical (unpaired) electrons. The molecule has 0 unspecified atom stereocenters. The quantitative estimate of drug-likeness (QED) is 0.261. The minimum atomic E-state index is -0.302. The molecule has 1 aromatic rings. The van der Waals surface area contributed by atoms with Crippen molar-refractivity contribution >= 4 is 5.97 Å². The second kappa shape index (κ2) is 11.4. The first kappa shape index (κ1) is 19.7. The van der Waals surface area contributed by atoms with Crippen molar-refractivity contribution < 1.29 is 26.5 Å². The molecule has 1 aromatic heterocycles. The van der Waals surface area contributed by atoms with Crippen molar-refractivity contribution in [3.63, 3.8) is 0 Å². The molecule has 0 fully saturated rings. The van der Waals surface area contributed by atoms with Crippen molar-refractivity contribution in [2.45, 2.75) is 59.0 Å². The summed E-state index contributed by atoms with van der Waals surface area (Å²) in [6.45, 7) is 9.84. The molecule has 0 saturated carbocycles. The highest BCUT2D eigenvalue weighted by atomic mass is 35.5. The number of carbonyl (C=O) groups is 1. The Kier molecular flexibility index (Phi) is 10.7. The Morgan fingerprint density at radius 3 is 2.71 bits per heavy atom. The Bertz CT molecular complexity index is 430. The van der Waals surface area contributed by atoms with Crippen LogP contribution < -0.4 is 17.0 Å². The number of nitrogens with zero attached hydrogens (tertiary/aromatic N) is 2. The zero-order chi connectivity index (χ0) is 14.8. The molecule has 0 aliphatic rings. The fraction of sp³-hybridized carbons (Fsp3) is 0.625. The van der Waals surface area contributed by atoms with Crippen LogP contribution in [0.3, 0.4) is 0 Å². The van der Waals surface area contributed by atoms with Crippen molar-refractivity contribution in [1.29, 1.82) is 0 Å². The van der Waals surface area contributed by atoms with Crippen molar-refractivity contribution in [3.8, 4) is 0 Å². The first-order valence-corrected chi connectivity index (χ1v) is 7.51. The lowest BCUT2D eigenvalue weighted by molar-refractivity contribution is -0.697. The molecule has 120 valence electrons. The number of halogens is 1. The molecule has 5 heteroatoms. The Morgan fingerprint density at radius 2 is 2.05 bits per heavy atom. The Labute approximate surface area is 134 Å². The number of hydrogen-bond acceptors (Lipinski definition) is 2. The predicted octanol–water partition coefficient (Wildman–Crippen LogP) is -0.131. The molecule has 0 aromatic carbocycles. The number of rotatable bonds is 10. The van der Waals surface area contributed by atoms with E-state index in [9.17, 15) is 4.79 Å². The number of imidazole rings is 1. The smallest absolute Gasteiger partial charge is 0.333 e. The van der Waals surface area contributed by atoms with Gasteiger partial charge in [-0.25, -0.2) is 13.9 Å². The van der Waals surface area contributed by atoms with Crippen LogP contribution in [0.1, 0.15) is 46.0 Å². The summed E-state index contributed by atoms with van der Waals surface area (Å²) in [5.74, 6) is -0.302. The Balaban J connectivity index is 0.00000400. The van der Waals surface area contributed by atoms with Crippen LogP contribution in [-0.2, 0) is 22.6 Å². The van der Waals surface area contributed by atoms with Crippen LogP contribution in [0.25, 0.3) is 0 Å². The fourth-order valence-corrected chi connectivity index (χ4v) is 1.96. The lowest BCUT2D eigenvalue weighted by Crippen LogP contribution is -3.00. The third-order valence-electron chi connectivity index (χ3n) is 3.16. The molecular formula is C16H27ClN2O2. The summed E-state index contributed by atoms with van der Waals surface area (Å²) < 4.78 is 9.42. The third kappa shape index (κ3) is 8.56. The maximum absolute atomic E-state index is 11.2. The second-order valence-corrected chi connectivity index (χ2v) is 5.22. The normalized spacial score (nSPS) is 10.0. The van der Waals surface area contributed by atoms with Crippen LogP contribution in [0.4, 0.5) is 0 Å². The lowest BCUT2D eigenvalue weighted by Gasteiger charge is -2.02. The van der Waals surface area contributed by atoms with Crippen molar-refractivity contribution in [2.24, 2.45) is 0 Å². The zero-order valence-corrected chi connectivity index (χ0v) is 13.9. The standard InChI is InChI=1S/C16H27N2O2.ClH/c1-4-5-6-7-9-17-11-12-18(14-17)10-8-13-20-16(19)15(2)3;/h11-12,14H,2,4-10,13H2,1,3H3;1H/q+1;/p-1. The third-order valence-corrected chi connectivity index (χ3v) is 3.16. The van der Waals surface area contributed by atoms with Gasteiger partial charge in [0.25, 0.3) is 0 Å². The molecule has 21 heavy (non-hydrogen) atoms. The fourth-order valence-electron chi connectivity index (χ4n) is 1.96. The number of carbonyl (C=O) groups excluding carboxylic acids is 1. The molecule has 0 aliphatic heterocycles. The summed E-state index contributed by atoms with van der Waals surface area (Å²) in [4.78, 5) is 11.2. The maximum atomic E-state index is 11.2. The molecule has 0 aliphatic carbocycles. The van der Waals surface area contributed by atoms with Crippen molar-refractivity contribution in [1.82, 2.24) is 4.57 Å². The van der Waals surface area contributed by atoms with Crippen molar-refractivity contribution in [3.05, 3.63) is 30.9 Å². The molecule has 1 heterocycles. The number of esters is 1. The van der Waals surface area contributed by atoms with E-state index >= 15 is 0 Å². The molecule has 4 nitrogen and oxygen atoms in total. The van der Waals surface area contributed by atoms with E-state index in [0.717, 1.165) is 19.5 Å². The average molecular weight is 315 g/mol. The number of unbranched alkanes of at least 4 members (excludes halogenated alkanes) is 3. The first-order chi connectivity index (χ1) is 9.63. The summed E-state index contributed by atoms with van der Waals surface area (Å²) in [6, 6.07) is 0. The van der Waals surface area contributed by atoms with E-state index in [0.29, 0.717) is 12.2 Å². The molecule has 0 spiro atoms. The Morgan fingerprint density at radius 1 is 1.29 bits per heavy atom. The predicted molar refractivity (Wildman–Crippen MR) is 79.2 cm³/mol. The number of aromatic nitrogens is 2. The van der Waals surface area contributed by atoms with Gasteiger partial charge < -0.3 is 17.1 Å². The van der Waals surface area contributed by atoms with Crippen LogP contribution in [-0.4, -0.2) is 17.1 Å². The van der Waals surface area contributed by atoms with Gasteiger partial charge in [-0.2, -0.15) is 0 Å². The molecule has 0 atom stereocenters. The summed E-state index contributed by atoms with van der Waals surface area (Å²) in [6.07, 6.45) is 12.2. The largest absolute Gasteiger partial charge is 1.00 e. The molecule has 0 saturated heterocycles. The number of hydrogen-bond donors (Lipinski definition) is 0. The first-order valence-electron chi connectivity index (χ1n) is 7.51. The van der Waals surface area contributed by atoms with Gasteiger partial charge in [0, 0.05) is 12.0 Å². The minimum Gasteiger partial charge on any atom is -1.00 e. The van der Waals surface area contributed by atoms with E-state index in [-0.39, 0.29) is 18.4 Å². The Hall–Kier alpha value is -1.29. The van der Waals surface area contributed by atoms with Gasteiger partial charge in [0.1, 0.15) is 12.4 Å². The van der Waals surface area contributed by atoms with Crippen LogP contribution in [0.5, 0.6) is 0 Å². The van der Waals surface area contributed by atoms with E-state index in [2.05, 4.69) is 41.4 Å². The van der Waals surface area contributed by atoms with Gasteiger partial charge in [0.15, 0.2) is 0 Å². The highest BCUT2D eigenvalue weighted by molar-refractivity contribution is 5.86. The van der Waals surface area contributed by atoms with Gasteiger partial charge >= 0.3 is 5.97 Å². The van der Waals surface area contributed by atoms with Gasteiger partial charge in [0.05, 0.1) is 19.7 Å². The van der Waals surface area contributed by atoms with E-state index < -0.39 is 0 Å². The van der Waals surface area contributed by atoms with Crippen LogP contribution in [0.15, 0.2) is 30.9 Å². The second-order valence-electron chi connectivity index (χ2n) is 5.22. The van der Waals surface area contributed by atoms with E-state index in [1.54, 1.807) is 6.92 Å². The van der Waals surface area contributed by atoms with E-state index in [4.69, 9.17) is 4.74 Å². The van der Waals surface area contributed by atoms with Gasteiger partial charge in [-0.3, -0.25) is 0 Å². The van der Waals surface area contributed by atoms with Crippen LogP contribution in [0, 0.1) is 0 Å².